The lowest BCUT2D eigenvalue weighted by molar-refractivity contribution is -0.305. The van der Waals surface area contributed by atoms with Crippen molar-refractivity contribution in [1.82, 2.24) is 0 Å². The van der Waals surface area contributed by atoms with Gasteiger partial charge in [0.05, 0.1) is 19.8 Å². The van der Waals surface area contributed by atoms with Crippen molar-refractivity contribution < 1.29 is 44.2 Å². The Morgan fingerprint density at radius 1 is 0.458 bits per heavy atom. The second kappa shape index (κ2) is 53.0. The van der Waals surface area contributed by atoms with Crippen LogP contribution >= 0.6 is 0 Å². The number of hydrogen-bond donors (Lipinski definition) is 4. The predicted octanol–water partition coefficient (Wildman–Crippen LogP) is 15.5. The van der Waals surface area contributed by atoms with Gasteiger partial charge in [-0.2, -0.15) is 0 Å². The molecule has 0 spiro atoms. The number of ether oxygens (including phenoxy) is 4. The fourth-order valence-corrected chi connectivity index (χ4v) is 8.47. The van der Waals surface area contributed by atoms with Gasteiger partial charge in [-0.15, -0.1) is 0 Å². The Kier molecular flexibility index (Phi) is 49.4. The molecule has 4 N–H and O–H groups in total. The van der Waals surface area contributed by atoms with Crippen molar-refractivity contribution in [1.29, 1.82) is 0 Å². The van der Waals surface area contributed by atoms with Gasteiger partial charge >= 0.3 is 5.97 Å². The van der Waals surface area contributed by atoms with Gasteiger partial charge in [0.25, 0.3) is 0 Å². The molecule has 6 unspecified atom stereocenters. The van der Waals surface area contributed by atoms with Crippen LogP contribution < -0.4 is 0 Å². The van der Waals surface area contributed by atoms with Crippen LogP contribution in [0.4, 0.5) is 0 Å². The highest BCUT2D eigenvalue weighted by Crippen LogP contribution is 2.23. The van der Waals surface area contributed by atoms with E-state index in [9.17, 15) is 25.2 Å². The minimum atomic E-state index is -1.55. The van der Waals surface area contributed by atoms with Gasteiger partial charge in [0.2, 0.25) is 0 Å². The Bertz CT molecular complexity index is 1430. The van der Waals surface area contributed by atoms with Crippen molar-refractivity contribution >= 4 is 5.97 Å². The maximum absolute atomic E-state index is 12.9. The maximum atomic E-state index is 12.9. The molecule has 9 nitrogen and oxygen atoms in total. The van der Waals surface area contributed by atoms with Gasteiger partial charge in [0.15, 0.2) is 6.29 Å². The fourth-order valence-electron chi connectivity index (χ4n) is 8.47. The molecule has 1 rings (SSSR count). The van der Waals surface area contributed by atoms with E-state index < -0.39 is 43.4 Å². The first kappa shape index (κ1) is 67.1. The van der Waals surface area contributed by atoms with Gasteiger partial charge in [0.1, 0.15) is 30.5 Å². The molecule has 1 saturated heterocycles. The summed E-state index contributed by atoms with van der Waals surface area (Å²) in [7, 11) is 0. The van der Waals surface area contributed by atoms with Crippen LogP contribution in [0.3, 0.4) is 0 Å². The minimum Gasteiger partial charge on any atom is -0.457 e. The molecule has 0 bridgehead atoms. The average molecular weight is 1010 g/mol. The molecule has 0 saturated carbocycles. The molecule has 1 aliphatic rings. The van der Waals surface area contributed by atoms with Crippen molar-refractivity contribution in [3.63, 3.8) is 0 Å². The van der Waals surface area contributed by atoms with E-state index in [1.54, 1.807) is 0 Å². The molecule has 0 amide bonds. The zero-order valence-electron chi connectivity index (χ0n) is 45.9. The molecule has 1 fully saturated rings. The van der Waals surface area contributed by atoms with E-state index in [2.05, 4.69) is 111 Å². The molecule has 0 aromatic heterocycles. The summed E-state index contributed by atoms with van der Waals surface area (Å²) >= 11 is 0. The predicted molar refractivity (Wildman–Crippen MR) is 302 cm³/mol. The molecule has 0 aliphatic carbocycles. The van der Waals surface area contributed by atoms with Crippen molar-refractivity contribution in [3.05, 3.63) is 97.2 Å². The van der Waals surface area contributed by atoms with Gasteiger partial charge < -0.3 is 39.4 Å². The summed E-state index contributed by atoms with van der Waals surface area (Å²) in [6.07, 6.45) is 67.4. The summed E-state index contributed by atoms with van der Waals surface area (Å²) in [6, 6.07) is 0. The Morgan fingerprint density at radius 3 is 1.28 bits per heavy atom. The standard InChI is InChI=1S/C63H108O9/c1-3-5-7-9-11-13-15-17-19-21-23-25-27-28-29-31-33-35-37-39-41-43-45-47-49-51-53-69-55-57(56-70-63-62(68)61(67)60(66)58(54-64)72-63)71-59(65)52-50-48-46-44-42-40-38-36-34-32-30-26-24-22-20-18-16-14-12-10-8-6-4-2/h6,8,12,14-15,17-18,20-21,23-24,26,32,34,38,40,57-58,60-64,66-68H,3-5,7,9-11,13,16,19,22,25,27-31,33,35-37,39,41-56H2,1-2H3/b8-6-,14-12-,17-15-,20-18-,23-21-,26-24-,34-32-,40-38-. The molecule has 1 aliphatic heterocycles. The lowest BCUT2D eigenvalue weighted by Gasteiger charge is -2.39. The number of unbranched alkanes of at least 4 members (excludes halogenated alkanes) is 23. The molecule has 0 aromatic carbocycles. The molecule has 1 heterocycles. The third-order valence-corrected chi connectivity index (χ3v) is 13.0. The number of aliphatic hydroxyl groups is 4. The van der Waals surface area contributed by atoms with Crippen LogP contribution in [0.25, 0.3) is 0 Å². The Morgan fingerprint density at radius 2 is 0.847 bits per heavy atom. The highest BCUT2D eigenvalue weighted by Gasteiger charge is 2.44. The Hall–Kier alpha value is -2.89. The fraction of sp³-hybridized carbons (Fsp3) is 0.730. The highest BCUT2D eigenvalue weighted by molar-refractivity contribution is 5.69. The van der Waals surface area contributed by atoms with Crippen LogP contribution in [0, 0.1) is 0 Å². The van der Waals surface area contributed by atoms with Crippen LogP contribution in [-0.4, -0.2) is 89.6 Å². The number of carbonyl (C=O) groups excluding carboxylic acids is 1. The molecule has 0 radical (unpaired) electrons. The van der Waals surface area contributed by atoms with Gasteiger partial charge in [0, 0.05) is 13.0 Å². The van der Waals surface area contributed by atoms with Crippen LogP contribution in [0.15, 0.2) is 97.2 Å². The Balaban J connectivity index is 2.18. The smallest absolute Gasteiger partial charge is 0.306 e. The van der Waals surface area contributed by atoms with E-state index in [4.69, 9.17) is 18.9 Å². The number of hydrogen-bond acceptors (Lipinski definition) is 9. The summed E-state index contributed by atoms with van der Waals surface area (Å²) in [4.78, 5) is 12.9. The van der Waals surface area contributed by atoms with Crippen LogP contribution in [0.5, 0.6) is 0 Å². The van der Waals surface area contributed by atoms with Crippen molar-refractivity contribution in [2.75, 3.05) is 26.4 Å². The molecule has 6 atom stereocenters. The molecule has 414 valence electrons. The Labute approximate surface area is 441 Å². The zero-order valence-corrected chi connectivity index (χ0v) is 45.9. The van der Waals surface area contributed by atoms with E-state index in [1.165, 1.54) is 122 Å². The minimum absolute atomic E-state index is 0.129. The number of aliphatic hydroxyl groups excluding tert-OH is 4. The molecular weight excluding hydrogens is 901 g/mol. The van der Waals surface area contributed by atoms with Crippen LogP contribution in [0.1, 0.15) is 232 Å². The third-order valence-electron chi connectivity index (χ3n) is 13.0. The number of carbonyl (C=O) groups is 1. The van der Waals surface area contributed by atoms with Gasteiger partial charge in [-0.1, -0.05) is 227 Å². The molecular formula is C63H108O9. The number of rotatable bonds is 50. The van der Waals surface area contributed by atoms with Crippen molar-refractivity contribution in [3.8, 4) is 0 Å². The largest absolute Gasteiger partial charge is 0.457 e. The number of allylic oxidation sites excluding steroid dienone is 16. The van der Waals surface area contributed by atoms with Gasteiger partial charge in [-0.05, 0) is 96.3 Å². The lowest BCUT2D eigenvalue weighted by atomic mass is 9.99. The topological polar surface area (TPSA) is 135 Å². The number of esters is 1. The van der Waals surface area contributed by atoms with Gasteiger partial charge in [-0.3, -0.25) is 4.79 Å². The SMILES string of the molecule is CC/C=C\C/C=C\C/C=C\C/C=C\C/C=C\C/C=C\CCCCCCC(=O)OC(COCCCCCCCCCCCCCCCC/C=C\C/C=C\CCCCCCC)COC1OC(CO)C(O)C(O)C1O. The average Bonchev–Trinajstić information content (AvgIpc) is 3.38. The third kappa shape index (κ3) is 42.5. The van der Waals surface area contributed by atoms with E-state index in [1.807, 2.05) is 0 Å². The summed E-state index contributed by atoms with van der Waals surface area (Å²) < 4.78 is 23.0. The summed E-state index contributed by atoms with van der Waals surface area (Å²) in [6.45, 7) is 4.41. The lowest BCUT2D eigenvalue weighted by Crippen LogP contribution is -2.59. The van der Waals surface area contributed by atoms with Crippen LogP contribution in [-0.2, 0) is 23.7 Å². The first-order valence-corrected chi connectivity index (χ1v) is 29.3. The van der Waals surface area contributed by atoms with E-state index in [-0.39, 0.29) is 25.6 Å². The first-order chi connectivity index (χ1) is 35.4. The van der Waals surface area contributed by atoms with Gasteiger partial charge in [-0.25, -0.2) is 0 Å². The second-order valence-corrected chi connectivity index (χ2v) is 19.7. The van der Waals surface area contributed by atoms with Crippen molar-refractivity contribution in [2.45, 2.75) is 269 Å². The summed E-state index contributed by atoms with van der Waals surface area (Å²) in [5, 5.41) is 40.4. The normalized spacial score (nSPS) is 19.4. The monoisotopic (exact) mass is 1010 g/mol. The van der Waals surface area contributed by atoms with Crippen LogP contribution in [0.2, 0.25) is 0 Å². The zero-order chi connectivity index (χ0) is 52.1. The molecule has 0 aromatic rings. The van der Waals surface area contributed by atoms with E-state index in [0.29, 0.717) is 6.61 Å². The summed E-state index contributed by atoms with van der Waals surface area (Å²) in [5.41, 5.74) is 0. The molecule has 9 heteroatoms. The quantitative estimate of drug-likeness (QED) is 0.0267. The van der Waals surface area contributed by atoms with Crippen molar-refractivity contribution in [2.24, 2.45) is 0 Å². The highest BCUT2D eigenvalue weighted by atomic mass is 16.7. The van der Waals surface area contributed by atoms with E-state index >= 15 is 0 Å². The summed E-state index contributed by atoms with van der Waals surface area (Å²) in [5.74, 6) is -0.339. The van der Waals surface area contributed by atoms with E-state index in [0.717, 1.165) is 89.9 Å². The first-order valence-electron chi connectivity index (χ1n) is 29.3. The molecule has 72 heavy (non-hydrogen) atoms. The maximum Gasteiger partial charge on any atom is 0.306 e. The second-order valence-electron chi connectivity index (χ2n) is 19.7.